The van der Waals surface area contributed by atoms with E-state index in [1.165, 1.54) is 4.90 Å². The van der Waals surface area contributed by atoms with Crippen LogP contribution in [0.1, 0.15) is 40.0 Å². The number of alkyl halides is 3. The molecule has 0 saturated carbocycles. The monoisotopic (exact) mass is 379 g/mol. The van der Waals surface area contributed by atoms with Gasteiger partial charge in [0.1, 0.15) is 6.04 Å². The zero-order chi connectivity index (χ0) is 19.4. The van der Waals surface area contributed by atoms with Crippen molar-refractivity contribution in [2.75, 3.05) is 45.9 Å². The van der Waals surface area contributed by atoms with Gasteiger partial charge in [-0.1, -0.05) is 20.8 Å². The van der Waals surface area contributed by atoms with Gasteiger partial charge in [0.05, 0.1) is 13.2 Å². The number of likely N-dealkylation sites (tertiary alicyclic amines) is 1. The van der Waals surface area contributed by atoms with Crippen molar-refractivity contribution in [2.24, 2.45) is 5.41 Å². The van der Waals surface area contributed by atoms with Gasteiger partial charge in [0.25, 0.3) is 0 Å². The number of nitrogens with one attached hydrogen (secondary N) is 1. The van der Waals surface area contributed by atoms with Crippen molar-refractivity contribution in [1.29, 1.82) is 0 Å². The van der Waals surface area contributed by atoms with Crippen LogP contribution in [0.4, 0.5) is 13.2 Å². The summed E-state index contributed by atoms with van der Waals surface area (Å²) in [6, 6.07) is -1.45. The molecule has 2 rings (SSSR count). The third kappa shape index (κ3) is 6.70. The maximum atomic E-state index is 13.4. The second-order valence-electron chi connectivity index (χ2n) is 8.51. The van der Waals surface area contributed by atoms with E-state index in [-0.39, 0.29) is 23.9 Å². The third-order valence-electron chi connectivity index (χ3n) is 4.99. The van der Waals surface area contributed by atoms with Crippen molar-refractivity contribution in [3.63, 3.8) is 0 Å². The highest BCUT2D eigenvalue weighted by molar-refractivity contribution is 5.76. The topological polar surface area (TPSA) is 44.8 Å². The summed E-state index contributed by atoms with van der Waals surface area (Å²) in [6.07, 6.45) is -2.36. The van der Waals surface area contributed by atoms with E-state index in [0.717, 1.165) is 0 Å². The molecular weight excluding hydrogens is 347 g/mol. The Morgan fingerprint density at radius 1 is 1.12 bits per heavy atom. The normalized spacial score (nSPS) is 22.5. The Hall–Kier alpha value is -0.860. The van der Waals surface area contributed by atoms with Gasteiger partial charge in [0.2, 0.25) is 5.91 Å². The fourth-order valence-electron chi connectivity index (χ4n) is 3.52. The Bertz CT molecular complexity index is 452. The third-order valence-corrected chi connectivity index (χ3v) is 4.99. The summed E-state index contributed by atoms with van der Waals surface area (Å²) in [5, 5.41) is 3.09. The minimum Gasteiger partial charge on any atom is -0.379 e. The van der Waals surface area contributed by atoms with Gasteiger partial charge in [-0.25, -0.2) is 0 Å². The molecule has 0 aliphatic carbocycles. The Morgan fingerprint density at radius 2 is 1.69 bits per heavy atom. The van der Waals surface area contributed by atoms with Crippen LogP contribution in [0.3, 0.4) is 0 Å². The van der Waals surface area contributed by atoms with E-state index >= 15 is 0 Å². The molecule has 2 saturated heterocycles. The number of ether oxygens (including phenoxy) is 1. The van der Waals surface area contributed by atoms with Crippen LogP contribution in [0, 0.1) is 5.41 Å². The molecule has 5 nitrogen and oxygen atoms in total. The van der Waals surface area contributed by atoms with E-state index in [1.54, 1.807) is 0 Å². The molecule has 0 aromatic heterocycles. The molecular formula is C18H32F3N3O2. The van der Waals surface area contributed by atoms with Crippen LogP contribution in [0.25, 0.3) is 0 Å². The summed E-state index contributed by atoms with van der Waals surface area (Å²) in [5.74, 6) is 0.137. The number of halogens is 3. The summed E-state index contributed by atoms with van der Waals surface area (Å²) in [7, 11) is 0. The first-order chi connectivity index (χ1) is 12.1. The molecule has 0 spiro atoms. The molecule has 1 unspecified atom stereocenters. The number of rotatable bonds is 5. The minimum atomic E-state index is -4.26. The summed E-state index contributed by atoms with van der Waals surface area (Å²) in [4.78, 5) is 15.6. The minimum absolute atomic E-state index is 0.0274. The lowest BCUT2D eigenvalue weighted by atomic mass is 9.91. The highest BCUT2D eigenvalue weighted by atomic mass is 19.4. The molecule has 26 heavy (non-hydrogen) atoms. The average molecular weight is 379 g/mol. The van der Waals surface area contributed by atoms with Crippen molar-refractivity contribution in [3.05, 3.63) is 0 Å². The largest absolute Gasteiger partial charge is 0.405 e. The maximum absolute atomic E-state index is 13.4. The van der Waals surface area contributed by atoms with E-state index in [4.69, 9.17) is 4.74 Å². The molecule has 1 amide bonds. The SMILES string of the molecule is CC(C)(C)CC(=O)N1CCC(NCC(N2CCOCC2)C(F)(F)F)CC1. The van der Waals surface area contributed by atoms with Crippen molar-refractivity contribution in [2.45, 2.75) is 58.3 Å². The molecule has 2 aliphatic rings. The Labute approximate surface area is 154 Å². The quantitative estimate of drug-likeness (QED) is 0.796. The van der Waals surface area contributed by atoms with Crippen molar-refractivity contribution in [1.82, 2.24) is 15.1 Å². The van der Waals surface area contributed by atoms with E-state index < -0.39 is 12.2 Å². The highest BCUT2D eigenvalue weighted by Crippen LogP contribution is 2.26. The van der Waals surface area contributed by atoms with Gasteiger partial charge in [0.15, 0.2) is 0 Å². The van der Waals surface area contributed by atoms with Crippen molar-refractivity contribution < 1.29 is 22.7 Å². The second-order valence-corrected chi connectivity index (χ2v) is 8.51. The number of carbonyl (C=O) groups excluding carboxylic acids is 1. The fourth-order valence-corrected chi connectivity index (χ4v) is 3.52. The molecule has 2 aliphatic heterocycles. The smallest absolute Gasteiger partial charge is 0.379 e. The zero-order valence-electron chi connectivity index (χ0n) is 16.1. The van der Waals surface area contributed by atoms with Crippen LogP contribution < -0.4 is 5.32 Å². The van der Waals surface area contributed by atoms with Crippen LogP contribution in [0.2, 0.25) is 0 Å². The fraction of sp³-hybridized carbons (Fsp3) is 0.944. The first-order valence-corrected chi connectivity index (χ1v) is 9.46. The molecule has 2 fully saturated rings. The molecule has 1 N–H and O–H groups in total. The van der Waals surface area contributed by atoms with Gasteiger partial charge in [0, 0.05) is 45.2 Å². The number of morpholine rings is 1. The van der Waals surface area contributed by atoms with Gasteiger partial charge >= 0.3 is 6.18 Å². The average Bonchev–Trinajstić information content (AvgIpc) is 2.54. The standard InChI is InChI=1S/C18H32F3N3O2/c1-17(2,3)12-16(25)24-6-4-14(5-7-24)22-13-15(18(19,20)21)23-8-10-26-11-9-23/h14-15,22H,4-13H2,1-3H3. The lowest BCUT2D eigenvalue weighted by molar-refractivity contribution is -0.190. The molecule has 8 heteroatoms. The summed E-state index contributed by atoms with van der Waals surface area (Å²) < 4.78 is 45.4. The van der Waals surface area contributed by atoms with Crippen LogP contribution in [-0.4, -0.2) is 79.9 Å². The molecule has 0 aromatic rings. The molecule has 1 atom stereocenters. The molecule has 0 bridgehead atoms. The van der Waals surface area contributed by atoms with Crippen LogP contribution in [-0.2, 0) is 9.53 Å². The molecule has 0 aromatic carbocycles. The van der Waals surface area contributed by atoms with Crippen LogP contribution in [0.5, 0.6) is 0 Å². The number of hydrogen-bond donors (Lipinski definition) is 1. The number of carbonyl (C=O) groups is 1. The number of nitrogens with zero attached hydrogens (tertiary/aromatic N) is 2. The number of amides is 1. The van der Waals surface area contributed by atoms with Crippen molar-refractivity contribution in [3.8, 4) is 0 Å². The van der Waals surface area contributed by atoms with Gasteiger partial charge in [-0.15, -0.1) is 0 Å². The van der Waals surface area contributed by atoms with Gasteiger partial charge in [-0.05, 0) is 18.3 Å². The Kier molecular flexibility index (Phi) is 7.33. The second kappa shape index (κ2) is 8.89. The maximum Gasteiger partial charge on any atom is 0.405 e. The van der Waals surface area contributed by atoms with Gasteiger partial charge in [-0.3, -0.25) is 9.69 Å². The van der Waals surface area contributed by atoms with Gasteiger partial charge < -0.3 is 15.0 Å². The molecule has 152 valence electrons. The summed E-state index contributed by atoms with van der Waals surface area (Å²) in [6.45, 7) is 8.52. The Balaban J connectivity index is 1.79. The number of piperidine rings is 1. The van der Waals surface area contributed by atoms with E-state index in [9.17, 15) is 18.0 Å². The first kappa shape index (κ1) is 21.4. The lowest BCUT2D eigenvalue weighted by Gasteiger charge is -2.38. The van der Waals surface area contributed by atoms with E-state index in [1.807, 2.05) is 25.7 Å². The number of hydrogen-bond acceptors (Lipinski definition) is 4. The predicted octanol–water partition coefficient (Wildman–Crippen LogP) is 2.27. The molecule has 2 heterocycles. The Morgan fingerprint density at radius 3 is 2.19 bits per heavy atom. The first-order valence-electron chi connectivity index (χ1n) is 9.46. The highest BCUT2D eigenvalue weighted by Gasteiger charge is 2.44. The summed E-state index contributed by atoms with van der Waals surface area (Å²) >= 11 is 0. The van der Waals surface area contributed by atoms with Gasteiger partial charge in [-0.2, -0.15) is 13.2 Å². The molecule has 0 radical (unpaired) electrons. The van der Waals surface area contributed by atoms with E-state index in [0.29, 0.717) is 58.7 Å². The van der Waals surface area contributed by atoms with E-state index in [2.05, 4.69) is 5.32 Å². The summed E-state index contributed by atoms with van der Waals surface area (Å²) in [5.41, 5.74) is -0.0513. The lowest BCUT2D eigenvalue weighted by Crippen LogP contribution is -2.56. The zero-order valence-corrected chi connectivity index (χ0v) is 16.1. The predicted molar refractivity (Wildman–Crippen MR) is 93.9 cm³/mol. The van der Waals surface area contributed by atoms with Crippen LogP contribution in [0.15, 0.2) is 0 Å². The van der Waals surface area contributed by atoms with Crippen molar-refractivity contribution >= 4 is 5.91 Å². The van der Waals surface area contributed by atoms with Crippen LogP contribution >= 0.6 is 0 Å².